The summed E-state index contributed by atoms with van der Waals surface area (Å²) in [5.41, 5.74) is 8.10. The van der Waals surface area contributed by atoms with Crippen molar-refractivity contribution in [2.75, 3.05) is 6.54 Å². The first kappa shape index (κ1) is 16.5. The zero-order valence-electron chi connectivity index (χ0n) is 14.0. The molecule has 0 unspecified atom stereocenters. The lowest BCUT2D eigenvalue weighted by molar-refractivity contribution is 0.0695. The topological polar surface area (TPSA) is 76.3 Å². The van der Waals surface area contributed by atoms with Gasteiger partial charge in [0, 0.05) is 17.6 Å². The summed E-state index contributed by atoms with van der Waals surface area (Å²) in [5, 5.41) is 2.08. The van der Waals surface area contributed by atoms with Gasteiger partial charge in [0.2, 0.25) is 0 Å². The molecule has 0 fully saturated rings. The lowest BCUT2D eigenvalue weighted by Gasteiger charge is -2.36. The smallest absolute Gasteiger partial charge is 0.267 e. The Balaban J connectivity index is 1.72. The van der Waals surface area contributed by atoms with Gasteiger partial charge in [-0.05, 0) is 41.1 Å². The summed E-state index contributed by atoms with van der Waals surface area (Å²) in [7, 11) is 0. The maximum Gasteiger partial charge on any atom is 0.267 e. The van der Waals surface area contributed by atoms with E-state index in [4.69, 9.17) is 5.73 Å². The molecule has 3 heterocycles. The number of pyridine rings is 1. The second-order valence-electron chi connectivity index (χ2n) is 6.16. The molecular weight excluding hydrogens is 346 g/mol. The largest absolute Gasteiger partial charge is 0.364 e. The number of aromatic nitrogens is 1. The molecule has 6 heteroatoms. The van der Waals surface area contributed by atoms with Gasteiger partial charge in [0.1, 0.15) is 5.69 Å². The fraction of sp³-hybridized carbons (Fsp3) is 0.150. The van der Waals surface area contributed by atoms with Crippen LogP contribution >= 0.6 is 11.3 Å². The van der Waals surface area contributed by atoms with E-state index in [1.807, 2.05) is 35.2 Å². The summed E-state index contributed by atoms with van der Waals surface area (Å²) in [6.45, 7) is 0.642. The van der Waals surface area contributed by atoms with E-state index in [0.29, 0.717) is 12.1 Å². The van der Waals surface area contributed by atoms with Gasteiger partial charge in [-0.3, -0.25) is 14.6 Å². The Bertz CT molecular complexity index is 951. The highest BCUT2D eigenvalue weighted by Crippen LogP contribution is 2.38. The van der Waals surface area contributed by atoms with Crippen molar-refractivity contribution in [1.29, 1.82) is 0 Å². The Morgan fingerprint density at radius 2 is 1.92 bits per heavy atom. The van der Waals surface area contributed by atoms with Gasteiger partial charge < -0.3 is 10.6 Å². The first-order chi connectivity index (χ1) is 12.6. The van der Waals surface area contributed by atoms with Crippen LogP contribution in [-0.4, -0.2) is 28.2 Å². The molecule has 0 aliphatic carbocycles. The molecule has 2 aromatic heterocycles. The van der Waals surface area contributed by atoms with Crippen LogP contribution in [0.25, 0.3) is 0 Å². The fourth-order valence-corrected chi connectivity index (χ4v) is 4.27. The van der Waals surface area contributed by atoms with Gasteiger partial charge >= 0.3 is 0 Å². The first-order valence-electron chi connectivity index (χ1n) is 8.33. The maximum atomic E-state index is 13.2. The van der Waals surface area contributed by atoms with E-state index in [0.717, 1.165) is 12.0 Å². The molecule has 1 aromatic carbocycles. The van der Waals surface area contributed by atoms with Crippen LogP contribution in [0, 0.1) is 0 Å². The Morgan fingerprint density at radius 3 is 2.62 bits per heavy atom. The lowest BCUT2D eigenvalue weighted by atomic mass is 9.92. The number of carbonyl (C=O) groups excluding carboxylic acids is 2. The van der Waals surface area contributed by atoms with Gasteiger partial charge in [-0.15, -0.1) is 11.3 Å². The molecular formula is C20H17N3O2S. The minimum atomic E-state index is -0.605. The molecule has 0 radical (unpaired) electrons. The summed E-state index contributed by atoms with van der Waals surface area (Å²) in [6.07, 6.45) is 2.27. The number of fused-ring (bicyclic) bond motifs is 1. The van der Waals surface area contributed by atoms with Gasteiger partial charge in [-0.2, -0.15) is 0 Å². The Hall–Kier alpha value is -2.99. The predicted octanol–water partition coefficient (Wildman–Crippen LogP) is 3.03. The molecule has 5 nitrogen and oxygen atoms in total. The second kappa shape index (κ2) is 6.72. The van der Waals surface area contributed by atoms with Crippen molar-refractivity contribution in [2.24, 2.45) is 5.73 Å². The van der Waals surface area contributed by atoms with Crippen LogP contribution in [0.5, 0.6) is 0 Å². The van der Waals surface area contributed by atoms with Crippen molar-refractivity contribution in [2.45, 2.75) is 12.5 Å². The number of carbonyl (C=O) groups is 2. The van der Waals surface area contributed by atoms with E-state index >= 15 is 0 Å². The zero-order valence-corrected chi connectivity index (χ0v) is 14.8. The van der Waals surface area contributed by atoms with Crippen LogP contribution in [0.1, 0.15) is 42.9 Å². The summed E-state index contributed by atoms with van der Waals surface area (Å²) >= 11 is 1.74. The molecule has 130 valence electrons. The van der Waals surface area contributed by atoms with Crippen LogP contribution in [-0.2, 0) is 6.42 Å². The predicted molar refractivity (Wildman–Crippen MR) is 100 cm³/mol. The molecule has 1 atom stereocenters. The highest BCUT2D eigenvalue weighted by molar-refractivity contribution is 7.10. The molecule has 2 N–H and O–H groups in total. The molecule has 0 saturated carbocycles. The first-order valence-corrected chi connectivity index (χ1v) is 9.21. The number of hydrogen-bond donors (Lipinski definition) is 1. The molecule has 2 amide bonds. The third kappa shape index (κ3) is 2.88. The van der Waals surface area contributed by atoms with Gasteiger partial charge in [0.05, 0.1) is 11.6 Å². The van der Waals surface area contributed by atoms with Gasteiger partial charge in [-0.1, -0.05) is 30.3 Å². The van der Waals surface area contributed by atoms with Crippen LogP contribution in [0.15, 0.2) is 60.1 Å². The summed E-state index contributed by atoms with van der Waals surface area (Å²) < 4.78 is 0. The van der Waals surface area contributed by atoms with E-state index < -0.39 is 5.91 Å². The average Bonchev–Trinajstić information content (AvgIpc) is 3.16. The number of benzene rings is 1. The average molecular weight is 363 g/mol. The monoisotopic (exact) mass is 363 g/mol. The van der Waals surface area contributed by atoms with E-state index in [1.165, 1.54) is 22.7 Å². The van der Waals surface area contributed by atoms with Crippen molar-refractivity contribution in [3.8, 4) is 0 Å². The molecule has 0 saturated heterocycles. The highest BCUT2D eigenvalue weighted by Gasteiger charge is 2.33. The number of rotatable bonds is 3. The second-order valence-corrected chi connectivity index (χ2v) is 7.16. The van der Waals surface area contributed by atoms with Gasteiger partial charge in [0.15, 0.2) is 0 Å². The summed E-state index contributed by atoms with van der Waals surface area (Å²) in [5.74, 6) is -0.703. The number of nitrogens with two attached hydrogens (primary N) is 1. The van der Waals surface area contributed by atoms with Gasteiger partial charge in [0.25, 0.3) is 11.8 Å². The molecule has 26 heavy (non-hydrogen) atoms. The lowest BCUT2D eigenvalue weighted by Crippen LogP contribution is -2.40. The van der Waals surface area contributed by atoms with E-state index in [2.05, 4.69) is 16.4 Å². The van der Waals surface area contributed by atoms with Gasteiger partial charge in [-0.25, -0.2) is 0 Å². The van der Waals surface area contributed by atoms with Crippen LogP contribution in [0.3, 0.4) is 0 Å². The van der Waals surface area contributed by atoms with Crippen LogP contribution in [0.2, 0.25) is 0 Å². The van der Waals surface area contributed by atoms with E-state index in [9.17, 15) is 9.59 Å². The van der Waals surface area contributed by atoms with Crippen molar-refractivity contribution in [1.82, 2.24) is 9.88 Å². The normalized spacial score (nSPS) is 16.2. The number of primary amides is 1. The third-order valence-corrected chi connectivity index (χ3v) is 5.60. The highest BCUT2D eigenvalue weighted by atomic mass is 32.1. The standard InChI is InChI=1S/C20H17N3O2S/c21-19(24)16-7-6-14(12-22-16)20(25)23-10-8-17-15(9-11-26-17)18(23)13-4-2-1-3-5-13/h1-7,9,11-12,18H,8,10H2,(H2,21,24)/t18-/m1/s1. The number of amides is 2. The molecule has 3 aromatic rings. The van der Waals surface area contributed by atoms with Crippen LogP contribution in [0.4, 0.5) is 0 Å². The molecule has 1 aliphatic heterocycles. The van der Waals surface area contributed by atoms with Crippen molar-refractivity contribution >= 4 is 23.2 Å². The number of nitrogens with zero attached hydrogens (tertiary/aromatic N) is 2. The zero-order chi connectivity index (χ0) is 18.1. The van der Waals surface area contributed by atoms with Crippen molar-refractivity contribution in [3.05, 3.63) is 87.4 Å². The Kier molecular flexibility index (Phi) is 4.26. The minimum absolute atomic E-state index is 0.0979. The Labute approximate surface area is 155 Å². The third-order valence-electron chi connectivity index (χ3n) is 4.60. The maximum absolute atomic E-state index is 13.2. The SMILES string of the molecule is NC(=O)c1ccc(C(=O)N2CCc3sccc3[C@H]2c2ccccc2)cn1. The molecule has 1 aliphatic rings. The molecule has 0 bridgehead atoms. The number of hydrogen-bond acceptors (Lipinski definition) is 4. The summed E-state index contributed by atoms with van der Waals surface area (Å²) in [6, 6.07) is 15.1. The molecule has 4 rings (SSSR count). The fourth-order valence-electron chi connectivity index (χ4n) is 3.36. The minimum Gasteiger partial charge on any atom is -0.364 e. The quantitative estimate of drug-likeness (QED) is 0.777. The molecule has 0 spiro atoms. The van der Waals surface area contributed by atoms with E-state index in [-0.39, 0.29) is 17.6 Å². The van der Waals surface area contributed by atoms with E-state index in [1.54, 1.807) is 17.4 Å². The number of thiophene rings is 1. The van der Waals surface area contributed by atoms with Crippen molar-refractivity contribution in [3.63, 3.8) is 0 Å². The van der Waals surface area contributed by atoms with Crippen LogP contribution < -0.4 is 5.73 Å². The Morgan fingerprint density at radius 1 is 1.12 bits per heavy atom. The summed E-state index contributed by atoms with van der Waals surface area (Å²) in [4.78, 5) is 31.6. The van der Waals surface area contributed by atoms with Crippen molar-refractivity contribution < 1.29 is 9.59 Å².